The Labute approximate surface area is 147 Å². The van der Waals surface area contributed by atoms with Crippen LogP contribution in [0.1, 0.15) is 64.3 Å². The summed E-state index contributed by atoms with van der Waals surface area (Å²) >= 11 is 1.56. The van der Waals surface area contributed by atoms with E-state index in [-0.39, 0.29) is 11.2 Å². The summed E-state index contributed by atoms with van der Waals surface area (Å²) in [6, 6.07) is 0.908. The SMILES string of the molecule is CC(Sc1nnc(N2CCCC2)n1C1CC1)C(=O)NC1CCCC1. The summed E-state index contributed by atoms with van der Waals surface area (Å²) in [5.41, 5.74) is 0. The zero-order chi connectivity index (χ0) is 16.5. The number of carbonyl (C=O) groups excluding carboxylic acids is 1. The average molecular weight is 350 g/mol. The minimum Gasteiger partial charge on any atom is -0.352 e. The number of nitrogens with one attached hydrogen (secondary N) is 1. The van der Waals surface area contributed by atoms with Crippen LogP contribution in [0.15, 0.2) is 5.16 Å². The molecule has 132 valence electrons. The van der Waals surface area contributed by atoms with E-state index in [1.54, 1.807) is 11.8 Å². The second kappa shape index (κ2) is 6.94. The number of carbonyl (C=O) groups is 1. The van der Waals surface area contributed by atoms with Gasteiger partial charge in [0.2, 0.25) is 11.9 Å². The van der Waals surface area contributed by atoms with Crippen LogP contribution in [0.3, 0.4) is 0 Å². The van der Waals surface area contributed by atoms with E-state index in [2.05, 4.69) is 25.0 Å². The minimum atomic E-state index is -0.126. The Morgan fingerprint density at radius 2 is 1.83 bits per heavy atom. The number of amides is 1. The molecule has 2 heterocycles. The van der Waals surface area contributed by atoms with Gasteiger partial charge in [-0.25, -0.2) is 0 Å². The molecule has 0 bridgehead atoms. The number of thioether (sulfide) groups is 1. The Bertz CT molecular complexity index is 588. The van der Waals surface area contributed by atoms with Crippen LogP contribution in [-0.4, -0.2) is 45.1 Å². The number of hydrogen-bond donors (Lipinski definition) is 1. The smallest absolute Gasteiger partial charge is 0.233 e. The summed E-state index contributed by atoms with van der Waals surface area (Å²) in [7, 11) is 0. The van der Waals surface area contributed by atoms with Gasteiger partial charge < -0.3 is 10.2 Å². The predicted molar refractivity (Wildman–Crippen MR) is 95.5 cm³/mol. The summed E-state index contributed by atoms with van der Waals surface area (Å²) in [5.74, 6) is 1.15. The maximum atomic E-state index is 12.5. The van der Waals surface area contributed by atoms with Gasteiger partial charge in [0.1, 0.15) is 0 Å². The fraction of sp³-hybridized carbons (Fsp3) is 0.824. The molecule has 2 saturated carbocycles. The lowest BCUT2D eigenvalue weighted by atomic mass is 10.2. The highest BCUT2D eigenvalue weighted by Crippen LogP contribution is 2.42. The van der Waals surface area contributed by atoms with Crippen molar-refractivity contribution in [2.24, 2.45) is 0 Å². The van der Waals surface area contributed by atoms with Crippen molar-refractivity contribution in [1.29, 1.82) is 0 Å². The van der Waals surface area contributed by atoms with Crippen molar-refractivity contribution >= 4 is 23.6 Å². The summed E-state index contributed by atoms with van der Waals surface area (Å²) in [4.78, 5) is 14.8. The number of anilines is 1. The van der Waals surface area contributed by atoms with E-state index < -0.39 is 0 Å². The first-order valence-electron chi connectivity index (χ1n) is 9.39. The summed E-state index contributed by atoms with van der Waals surface area (Å²) in [5, 5.41) is 12.9. The second-order valence-electron chi connectivity index (χ2n) is 7.33. The van der Waals surface area contributed by atoms with E-state index in [4.69, 9.17) is 0 Å². The summed E-state index contributed by atoms with van der Waals surface area (Å²) in [6.45, 7) is 4.14. The molecule has 1 unspecified atom stereocenters. The van der Waals surface area contributed by atoms with E-state index in [1.165, 1.54) is 38.5 Å². The largest absolute Gasteiger partial charge is 0.352 e. The van der Waals surface area contributed by atoms with Gasteiger partial charge in [0.05, 0.1) is 5.25 Å². The molecule has 1 amide bonds. The Morgan fingerprint density at radius 3 is 2.50 bits per heavy atom. The Kier molecular flexibility index (Phi) is 4.70. The molecule has 7 heteroatoms. The highest BCUT2D eigenvalue weighted by atomic mass is 32.2. The molecule has 2 aliphatic carbocycles. The van der Waals surface area contributed by atoms with Crippen LogP contribution >= 0.6 is 11.8 Å². The van der Waals surface area contributed by atoms with Gasteiger partial charge in [0.15, 0.2) is 5.16 Å². The predicted octanol–water partition coefficient (Wildman–Crippen LogP) is 2.75. The van der Waals surface area contributed by atoms with Crippen molar-refractivity contribution < 1.29 is 4.79 Å². The average Bonchev–Trinajstić information content (AvgIpc) is 3.01. The van der Waals surface area contributed by atoms with Gasteiger partial charge in [-0.2, -0.15) is 0 Å². The molecule has 0 spiro atoms. The van der Waals surface area contributed by atoms with E-state index >= 15 is 0 Å². The maximum Gasteiger partial charge on any atom is 0.233 e. The van der Waals surface area contributed by atoms with Crippen molar-refractivity contribution in [1.82, 2.24) is 20.1 Å². The fourth-order valence-corrected chi connectivity index (χ4v) is 4.66. The van der Waals surface area contributed by atoms with Crippen LogP contribution in [0.4, 0.5) is 5.95 Å². The lowest BCUT2D eigenvalue weighted by Gasteiger charge is -2.19. The molecular formula is C17H27N5OS. The van der Waals surface area contributed by atoms with Crippen LogP contribution < -0.4 is 10.2 Å². The molecular weight excluding hydrogens is 322 g/mol. The van der Waals surface area contributed by atoms with Gasteiger partial charge in [0, 0.05) is 25.2 Å². The quantitative estimate of drug-likeness (QED) is 0.800. The molecule has 0 aromatic carbocycles. The highest BCUT2D eigenvalue weighted by Gasteiger charge is 2.33. The molecule has 4 rings (SSSR count). The van der Waals surface area contributed by atoms with Crippen molar-refractivity contribution in [2.75, 3.05) is 18.0 Å². The Morgan fingerprint density at radius 1 is 1.12 bits per heavy atom. The van der Waals surface area contributed by atoms with Crippen LogP contribution in [0.2, 0.25) is 0 Å². The van der Waals surface area contributed by atoms with Crippen molar-refractivity contribution in [3.8, 4) is 0 Å². The van der Waals surface area contributed by atoms with Crippen LogP contribution in [0.5, 0.6) is 0 Å². The topological polar surface area (TPSA) is 63.1 Å². The van der Waals surface area contributed by atoms with E-state index in [0.29, 0.717) is 12.1 Å². The third-order valence-electron chi connectivity index (χ3n) is 5.30. The third kappa shape index (κ3) is 3.41. The van der Waals surface area contributed by atoms with Gasteiger partial charge in [-0.1, -0.05) is 24.6 Å². The van der Waals surface area contributed by atoms with Gasteiger partial charge in [0.25, 0.3) is 0 Å². The van der Waals surface area contributed by atoms with Gasteiger partial charge >= 0.3 is 0 Å². The number of rotatable bonds is 6. The number of hydrogen-bond acceptors (Lipinski definition) is 5. The number of nitrogens with zero attached hydrogens (tertiary/aromatic N) is 4. The molecule has 6 nitrogen and oxygen atoms in total. The van der Waals surface area contributed by atoms with Crippen molar-refractivity contribution in [3.63, 3.8) is 0 Å². The van der Waals surface area contributed by atoms with Crippen LogP contribution in [0, 0.1) is 0 Å². The van der Waals surface area contributed by atoms with Crippen molar-refractivity contribution in [2.45, 2.75) is 80.8 Å². The molecule has 1 aliphatic heterocycles. The third-order valence-corrected chi connectivity index (χ3v) is 6.36. The van der Waals surface area contributed by atoms with E-state index in [0.717, 1.165) is 37.0 Å². The molecule has 1 N–H and O–H groups in total. The minimum absolute atomic E-state index is 0.126. The number of aromatic nitrogens is 3. The standard InChI is InChI=1S/C17H27N5OS/c1-12(15(23)18-13-6-2-3-7-13)24-17-20-19-16(21-10-4-5-11-21)22(17)14-8-9-14/h12-14H,2-11H2,1H3,(H,18,23). The fourth-order valence-electron chi connectivity index (χ4n) is 3.74. The van der Waals surface area contributed by atoms with Gasteiger partial charge in [-0.05, 0) is 45.4 Å². The molecule has 1 aromatic heterocycles. The second-order valence-corrected chi connectivity index (χ2v) is 8.64. The molecule has 3 fully saturated rings. The lowest BCUT2D eigenvalue weighted by Crippen LogP contribution is -2.37. The first-order chi connectivity index (χ1) is 11.7. The zero-order valence-corrected chi connectivity index (χ0v) is 15.2. The molecule has 0 radical (unpaired) electrons. The van der Waals surface area contributed by atoms with Gasteiger partial charge in [-0.3, -0.25) is 9.36 Å². The normalized spacial score (nSPS) is 23.0. The molecule has 24 heavy (non-hydrogen) atoms. The monoisotopic (exact) mass is 349 g/mol. The maximum absolute atomic E-state index is 12.5. The molecule has 3 aliphatic rings. The lowest BCUT2D eigenvalue weighted by molar-refractivity contribution is -0.120. The molecule has 1 aromatic rings. The van der Waals surface area contributed by atoms with E-state index in [1.807, 2.05) is 6.92 Å². The Hall–Kier alpha value is -1.24. The van der Waals surface area contributed by atoms with Crippen molar-refractivity contribution in [3.05, 3.63) is 0 Å². The first kappa shape index (κ1) is 16.2. The molecule has 1 atom stereocenters. The van der Waals surface area contributed by atoms with E-state index in [9.17, 15) is 4.79 Å². The highest BCUT2D eigenvalue weighted by molar-refractivity contribution is 8.00. The van der Waals surface area contributed by atoms with Crippen LogP contribution in [0.25, 0.3) is 0 Å². The zero-order valence-electron chi connectivity index (χ0n) is 14.4. The summed E-state index contributed by atoms with van der Waals surface area (Å²) in [6.07, 6.45) is 9.61. The van der Waals surface area contributed by atoms with Gasteiger partial charge in [-0.15, -0.1) is 10.2 Å². The first-order valence-corrected chi connectivity index (χ1v) is 10.3. The van der Waals surface area contributed by atoms with Crippen LogP contribution in [-0.2, 0) is 4.79 Å². The molecule has 1 saturated heterocycles. The Balaban J connectivity index is 1.44. The summed E-state index contributed by atoms with van der Waals surface area (Å²) < 4.78 is 2.29.